The topological polar surface area (TPSA) is 55.8 Å². The predicted octanol–water partition coefficient (Wildman–Crippen LogP) is 3.60. The fourth-order valence-corrected chi connectivity index (χ4v) is 2.08. The number of aryl methyl sites for hydroxylation is 2. The summed E-state index contributed by atoms with van der Waals surface area (Å²) in [5.74, 6) is 0.468. The first kappa shape index (κ1) is 15.9. The van der Waals surface area contributed by atoms with Crippen molar-refractivity contribution in [3.8, 4) is 11.5 Å². The highest BCUT2D eigenvalue weighted by Crippen LogP contribution is 2.29. The zero-order valence-electron chi connectivity index (χ0n) is 12.8. The standard InChI is InChI=1S/C18H20O4/c1-13-3-5-15(6-4-13)12-22-16-9-7-14(8-10-18(19)20)11-17(16)21-2/h3-7,9,11H,8,10,12H2,1-2H3,(H,19,20). The summed E-state index contributed by atoms with van der Waals surface area (Å²) in [7, 11) is 1.58. The van der Waals surface area contributed by atoms with Gasteiger partial charge in [-0.05, 0) is 36.6 Å². The molecule has 0 aliphatic carbocycles. The Morgan fingerprint density at radius 1 is 1.05 bits per heavy atom. The fraction of sp³-hybridized carbons (Fsp3) is 0.278. The molecule has 2 rings (SSSR count). The number of hydrogen-bond acceptors (Lipinski definition) is 3. The molecule has 0 radical (unpaired) electrons. The van der Waals surface area contributed by atoms with Crippen molar-refractivity contribution in [2.75, 3.05) is 7.11 Å². The molecule has 2 aromatic rings. The van der Waals surface area contributed by atoms with Crippen LogP contribution in [-0.2, 0) is 17.8 Å². The predicted molar refractivity (Wildman–Crippen MR) is 84.5 cm³/mol. The molecule has 0 fully saturated rings. The summed E-state index contributed by atoms with van der Waals surface area (Å²) in [6.45, 7) is 2.51. The summed E-state index contributed by atoms with van der Waals surface area (Å²) >= 11 is 0. The molecule has 0 saturated carbocycles. The van der Waals surface area contributed by atoms with Crippen LogP contribution in [0.2, 0.25) is 0 Å². The SMILES string of the molecule is COc1cc(CCC(=O)O)ccc1OCc1ccc(C)cc1. The maximum Gasteiger partial charge on any atom is 0.303 e. The number of ether oxygens (including phenoxy) is 2. The van der Waals surface area contributed by atoms with E-state index in [9.17, 15) is 4.79 Å². The van der Waals surface area contributed by atoms with Crippen LogP contribution in [0, 0.1) is 6.92 Å². The van der Waals surface area contributed by atoms with E-state index < -0.39 is 5.97 Å². The molecule has 2 aromatic carbocycles. The molecule has 4 nitrogen and oxygen atoms in total. The van der Waals surface area contributed by atoms with Gasteiger partial charge in [0.2, 0.25) is 0 Å². The lowest BCUT2D eigenvalue weighted by Gasteiger charge is -2.12. The summed E-state index contributed by atoms with van der Waals surface area (Å²) in [5.41, 5.74) is 3.22. The Labute approximate surface area is 130 Å². The van der Waals surface area contributed by atoms with E-state index >= 15 is 0 Å². The summed E-state index contributed by atoms with van der Waals surface area (Å²) in [4.78, 5) is 10.6. The molecule has 0 bridgehead atoms. The molecule has 1 N–H and O–H groups in total. The lowest BCUT2D eigenvalue weighted by atomic mass is 10.1. The molecule has 0 aliphatic heterocycles. The van der Waals surface area contributed by atoms with Crippen LogP contribution < -0.4 is 9.47 Å². The van der Waals surface area contributed by atoms with E-state index in [4.69, 9.17) is 14.6 Å². The number of methoxy groups -OCH3 is 1. The number of aliphatic carboxylic acids is 1. The number of benzene rings is 2. The Hall–Kier alpha value is -2.49. The van der Waals surface area contributed by atoms with E-state index in [2.05, 4.69) is 0 Å². The van der Waals surface area contributed by atoms with Crippen LogP contribution >= 0.6 is 0 Å². The molecule has 0 spiro atoms. The average Bonchev–Trinajstić information content (AvgIpc) is 2.52. The van der Waals surface area contributed by atoms with E-state index in [0.717, 1.165) is 11.1 Å². The molecule has 0 atom stereocenters. The lowest BCUT2D eigenvalue weighted by molar-refractivity contribution is -0.136. The highest BCUT2D eigenvalue weighted by Gasteiger charge is 2.07. The van der Waals surface area contributed by atoms with Gasteiger partial charge in [0.05, 0.1) is 7.11 Å². The molecule has 116 valence electrons. The number of carboxylic acid groups (broad SMARTS) is 1. The number of hydrogen-bond donors (Lipinski definition) is 1. The molecular formula is C18H20O4. The summed E-state index contributed by atoms with van der Waals surface area (Å²) in [6, 6.07) is 13.7. The minimum absolute atomic E-state index is 0.104. The van der Waals surface area contributed by atoms with Crippen molar-refractivity contribution in [3.63, 3.8) is 0 Å². The Balaban J connectivity index is 2.03. The normalized spacial score (nSPS) is 10.3. The quantitative estimate of drug-likeness (QED) is 0.849. The van der Waals surface area contributed by atoms with Gasteiger partial charge in [0, 0.05) is 6.42 Å². The van der Waals surface area contributed by atoms with Crippen molar-refractivity contribution < 1.29 is 19.4 Å². The summed E-state index contributed by atoms with van der Waals surface area (Å²) in [5, 5.41) is 8.73. The van der Waals surface area contributed by atoms with Crippen molar-refractivity contribution in [1.29, 1.82) is 0 Å². The Morgan fingerprint density at radius 3 is 2.36 bits per heavy atom. The number of rotatable bonds is 7. The van der Waals surface area contributed by atoms with Crippen LogP contribution in [0.3, 0.4) is 0 Å². The van der Waals surface area contributed by atoms with Gasteiger partial charge in [-0.3, -0.25) is 4.79 Å². The second-order valence-electron chi connectivity index (χ2n) is 5.15. The molecule has 0 heterocycles. The van der Waals surface area contributed by atoms with Gasteiger partial charge in [-0.15, -0.1) is 0 Å². The molecule has 0 unspecified atom stereocenters. The van der Waals surface area contributed by atoms with E-state index in [0.29, 0.717) is 24.5 Å². The van der Waals surface area contributed by atoms with Gasteiger partial charge in [0.15, 0.2) is 11.5 Å². The van der Waals surface area contributed by atoms with Gasteiger partial charge >= 0.3 is 5.97 Å². The fourth-order valence-electron chi connectivity index (χ4n) is 2.08. The van der Waals surface area contributed by atoms with E-state index in [1.807, 2.05) is 49.4 Å². The van der Waals surface area contributed by atoms with Crippen molar-refractivity contribution in [2.24, 2.45) is 0 Å². The zero-order valence-corrected chi connectivity index (χ0v) is 12.8. The smallest absolute Gasteiger partial charge is 0.303 e. The van der Waals surface area contributed by atoms with Crippen LogP contribution in [0.25, 0.3) is 0 Å². The molecule has 0 saturated heterocycles. The van der Waals surface area contributed by atoms with Crippen molar-refractivity contribution >= 4 is 5.97 Å². The van der Waals surface area contributed by atoms with Gasteiger partial charge in [-0.25, -0.2) is 0 Å². The second kappa shape index (κ2) is 7.50. The van der Waals surface area contributed by atoms with Gasteiger partial charge in [-0.1, -0.05) is 35.9 Å². The van der Waals surface area contributed by atoms with Gasteiger partial charge in [-0.2, -0.15) is 0 Å². The third-order valence-corrected chi connectivity index (χ3v) is 3.37. The maximum absolute atomic E-state index is 10.6. The highest BCUT2D eigenvalue weighted by atomic mass is 16.5. The average molecular weight is 300 g/mol. The van der Waals surface area contributed by atoms with Crippen LogP contribution in [0.4, 0.5) is 0 Å². The van der Waals surface area contributed by atoms with Gasteiger partial charge in [0.25, 0.3) is 0 Å². The largest absolute Gasteiger partial charge is 0.493 e. The van der Waals surface area contributed by atoms with Gasteiger partial charge < -0.3 is 14.6 Å². The molecular weight excluding hydrogens is 280 g/mol. The number of carbonyl (C=O) groups is 1. The second-order valence-corrected chi connectivity index (χ2v) is 5.15. The zero-order chi connectivity index (χ0) is 15.9. The van der Waals surface area contributed by atoms with Crippen molar-refractivity contribution in [1.82, 2.24) is 0 Å². The third kappa shape index (κ3) is 4.52. The van der Waals surface area contributed by atoms with E-state index in [1.54, 1.807) is 7.11 Å². The summed E-state index contributed by atoms with van der Waals surface area (Å²) in [6.07, 6.45) is 0.580. The Bertz CT molecular complexity index is 632. The molecule has 0 amide bonds. The first-order valence-corrected chi connectivity index (χ1v) is 7.15. The van der Waals surface area contributed by atoms with Crippen LogP contribution in [0.15, 0.2) is 42.5 Å². The first-order chi connectivity index (χ1) is 10.6. The van der Waals surface area contributed by atoms with Crippen LogP contribution in [0.5, 0.6) is 11.5 Å². The lowest BCUT2D eigenvalue weighted by Crippen LogP contribution is -2.00. The minimum atomic E-state index is -0.807. The van der Waals surface area contributed by atoms with Crippen molar-refractivity contribution in [2.45, 2.75) is 26.4 Å². The summed E-state index contributed by atoms with van der Waals surface area (Å²) < 4.78 is 11.1. The maximum atomic E-state index is 10.6. The Morgan fingerprint density at radius 2 is 1.73 bits per heavy atom. The van der Waals surface area contributed by atoms with Crippen LogP contribution in [0.1, 0.15) is 23.1 Å². The van der Waals surface area contributed by atoms with E-state index in [-0.39, 0.29) is 6.42 Å². The van der Waals surface area contributed by atoms with E-state index in [1.165, 1.54) is 5.56 Å². The molecule has 22 heavy (non-hydrogen) atoms. The first-order valence-electron chi connectivity index (χ1n) is 7.15. The third-order valence-electron chi connectivity index (χ3n) is 3.37. The molecule has 0 aromatic heterocycles. The monoisotopic (exact) mass is 300 g/mol. The Kier molecular flexibility index (Phi) is 5.42. The van der Waals surface area contributed by atoms with Gasteiger partial charge in [0.1, 0.15) is 6.61 Å². The molecule has 0 aliphatic rings. The minimum Gasteiger partial charge on any atom is -0.493 e. The highest BCUT2D eigenvalue weighted by molar-refractivity contribution is 5.67. The number of carboxylic acids is 1. The molecule has 4 heteroatoms. The van der Waals surface area contributed by atoms with Crippen molar-refractivity contribution in [3.05, 3.63) is 59.2 Å². The van der Waals surface area contributed by atoms with Crippen LogP contribution in [-0.4, -0.2) is 18.2 Å².